The Morgan fingerprint density at radius 1 is 1.47 bits per heavy atom. The van der Waals surface area contributed by atoms with E-state index < -0.39 is 0 Å². The van der Waals surface area contributed by atoms with E-state index in [0.29, 0.717) is 0 Å². The zero-order valence-electron chi connectivity index (χ0n) is 10.4. The van der Waals surface area contributed by atoms with Crippen molar-refractivity contribution in [2.75, 3.05) is 39.8 Å². The van der Waals surface area contributed by atoms with Crippen molar-refractivity contribution in [3.8, 4) is 0 Å². The van der Waals surface area contributed by atoms with Gasteiger partial charge < -0.3 is 14.5 Å². The van der Waals surface area contributed by atoms with E-state index in [1.165, 1.54) is 7.11 Å². The average molecular weight is 241 g/mol. The van der Waals surface area contributed by atoms with E-state index in [2.05, 4.69) is 10.1 Å². The summed E-state index contributed by atoms with van der Waals surface area (Å²) in [6.07, 6.45) is 0.887. The molecule has 1 saturated heterocycles. The molecule has 2 heterocycles. The third-order valence-electron chi connectivity index (χ3n) is 3.10. The standard InChI is InChI=1S/C11H19N3O3/c1-9-7-10(12-17-9)8-13-3-5-14(6-4-13)11(15)16-2/h9H,3-8H2,1-2H3. The van der Waals surface area contributed by atoms with Gasteiger partial charge in [0.1, 0.15) is 6.10 Å². The lowest BCUT2D eigenvalue weighted by atomic mass is 10.2. The second-order valence-corrected chi connectivity index (χ2v) is 4.51. The Labute approximate surface area is 101 Å². The van der Waals surface area contributed by atoms with E-state index in [4.69, 9.17) is 9.57 Å². The first-order valence-electron chi connectivity index (χ1n) is 5.96. The molecular weight excluding hydrogens is 222 g/mol. The number of hydrogen-bond donors (Lipinski definition) is 0. The number of oxime groups is 1. The summed E-state index contributed by atoms with van der Waals surface area (Å²) >= 11 is 0. The second-order valence-electron chi connectivity index (χ2n) is 4.51. The summed E-state index contributed by atoms with van der Waals surface area (Å²) in [5, 5.41) is 4.05. The maximum absolute atomic E-state index is 11.3. The molecule has 0 spiro atoms. The summed E-state index contributed by atoms with van der Waals surface area (Å²) in [6.45, 7) is 6.03. The summed E-state index contributed by atoms with van der Waals surface area (Å²) < 4.78 is 4.70. The molecule has 1 amide bonds. The third-order valence-corrected chi connectivity index (χ3v) is 3.10. The molecule has 0 aromatic heterocycles. The molecule has 0 bridgehead atoms. The molecule has 1 fully saturated rings. The molecule has 0 N–H and O–H groups in total. The highest BCUT2D eigenvalue weighted by Crippen LogP contribution is 2.11. The molecule has 0 aromatic rings. The predicted octanol–water partition coefficient (Wildman–Crippen LogP) is 0.535. The topological polar surface area (TPSA) is 54.4 Å². The average Bonchev–Trinajstić information content (AvgIpc) is 2.75. The Hall–Kier alpha value is -1.30. The quantitative estimate of drug-likeness (QED) is 0.708. The van der Waals surface area contributed by atoms with E-state index in [1.54, 1.807) is 4.90 Å². The Bertz CT molecular complexity index is 311. The van der Waals surface area contributed by atoms with Gasteiger partial charge in [-0.15, -0.1) is 0 Å². The van der Waals surface area contributed by atoms with Gasteiger partial charge in [0.15, 0.2) is 0 Å². The fraction of sp³-hybridized carbons (Fsp3) is 0.818. The van der Waals surface area contributed by atoms with Gasteiger partial charge in [0.2, 0.25) is 0 Å². The van der Waals surface area contributed by atoms with Crippen LogP contribution < -0.4 is 0 Å². The Kier molecular flexibility index (Phi) is 3.83. The summed E-state index contributed by atoms with van der Waals surface area (Å²) in [5.74, 6) is 0. The lowest BCUT2D eigenvalue weighted by molar-refractivity contribution is 0.0948. The number of methoxy groups -OCH3 is 1. The van der Waals surface area contributed by atoms with Crippen LogP contribution in [0.2, 0.25) is 0 Å². The molecule has 0 aliphatic carbocycles. The number of nitrogens with zero attached hydrogens (tertiary/aromatic N) is 3. The lowest BCUT2D eigenvalue weighted by Gasteiger charge is -2.33. The SMILES string of the molecule is COC(=O)N1CCN(CC2=NOC(C)C2)CC1. The Morgan fingerprint density at radius 2 is 2.18 bits per heavy atom. The fourth-order valence-electron chi connectivity index (χ4n) is 2.14. The first-order chi connectivity index (χ1) is 8.19. The van der Waals surface area contributed by atoms with Gasteiger partial charge in [0.05, 0.1) is 12.8 Å². The largest absolute Gasteiger partial charge is 0.453 e. The van der Waals surface area contributed by atoms with Crippen molar-refractivity contribution < 1.29 is 14.4 Å². The van der Waals surface area contributed by atoms with Crippen LogP contribution in [-0.4, -0.2) is 67.5 Å². The molecule has 1 unspecified atom stereocenters. The number of piperazine rings is 1. The summed E-state index contributed by atoms with van der Waals surface area (Å²) in [6, 6.07) is 0. The molecule has 96 valence electrons. The fourth-order valence-corrected chi connectivity index (χ4v) is 2.14. The van der Waals surface area contributed by atoms with Crippen molar-refractivity contribution in [1.82, 2.24) is 9.80 Å². The molecule has 2 rings (SSSR count). The molecule has 2 aliphatic heterocycles. The molecular formula is C11H19N3O3. The smallest absolute Gasteiger partial charge is 0.409 e. The summed E-state index contributed by atoms with van der Waals surface area (Å²) in [7, 11) is 1.42. The van der Waals surface area contributed by atoms with E-state index >= 15 is 0 Å². The van der Waals surface area contributed by atoms with Crippen LogP contribution >= 0.6 is 0 Å². The number of amides is 1. The number of hydrogen-bond acceptors (Lipinski definition) is 5. The van der Waals surface area contributed by atoms with Gasteiger partial charge in [-0.25, -0.2) is 4.79 Å². The summed E-state index contributed by atoms with van der Waals surface area (Å²) in [5.41, 5.74) is 1.10. The molecule has 0 aromatic carbocycles. The van der Waals surface area contributed by atoms with Gasteiger partial charge in [0.25, 0.3) is 0 Å². The third kappa shape index (κ3) is 3.09. The minimum atomic E-state index is -0.236. The molecule has 0 saturated carbocycles. The number of ether oxygens (including phenoxy) is 1. The highest BCUT2D eigenvalue weighted by molar-refractivity contribution is 5.87. The van der Waals surface area contributed by atoms with E-state index in [1.807, 2.05) is 6.92 Å². The summed E-state index contributed by atoms with van der Waals surface area (Å²) in [4.78, 5) is 20.5. The van der Waals surface area contributed by atoms with Crippen molar-refractivity contribution in [1.29, 1.82) is 0 Å². The number of carbonyl (C=O) groups excluding carboxylic acids is 1. The van der Waals surface area contributed by atoms with Crippen molar-refractivity contribution in [3.63, 3.8) is 0 Å². The molecule has 0 radical (unpaired) electrons. The van der Waals surface area contributed by atoms with Crippen molar-refractivity contribution in [3.05, 3.63) is 0 Å². The van der Waals surface area contributed by atoms with Gasteiger partial charge in [-0.3, -0.25) is 4.90 Å². The van der Waals surface area contributed by atoms with Crippen LogP contribution in [0.15, 0.2) is 5.16 Å². The van der Waals surface area contributed by atoms with Gasteiger partial charge in [-0.1, -0.05) is 5.16 Å². The van der Waals surface area contributed by atoms with Crippen LogP contribution in [0.25, 0.3) is 0 Å². The van der Waals surface area contributed by atoms with Crippen molar-refractivity contribution in [2.45, 2.75) is 19.4 Å². The van der Waals surface area contributed by atoms with Gasteiger partial charge in [-0.05, 0) is 6.92 Å². The molecule has 6 heteroatoms. The van der Waals surface area contributed by atoms with Crippen LogP contribution in [0, 0.1) is 0 Å². The predicted molar refractivity (Wildman–Crippen MR) is 63.0 cm³/mol. The maximum atomic E-state index is 11.3. The van der Waals surface area contributed by atoms with Crippen LogP contribution in [0.5, 0.6) is 0 Å². The monoisotopic (exact) mass is 241 g/mol. The highest BCUT2D eigenvalue weighted by atomic mass is 16.6. The van der Waals surface area contributed by atoms with Crippen molar-refractivity contribution in [2.24, 2.45) is 5.16 Å². The Balaban J connectivity index is 1.74. The highest BCUT2D eigenvalue weighted by Gasteiger charge is 2.24. The molecule has 1 atom stereocenters. The minimum absolute atomic E-state index is 0.210. The zero-order valence-corrected chi connectivity index (χ0v) is 10.4. The van der Waals surface area contributed by atoms with Gasteiger partial charge in [-0.2, -0.15) is 0 Å². The zero-order chi connectivity index (χ0) is 12.3. The second kappa shape index (κ2) is 5.35. The van der Waals surface area contributed by atoms with Gasteiger partial charge >= 0.3 is 6.09 Å². The maximum Gasteiger partial charge on any atom is 0.409 e. The Morgan fingerprint density at radius 3 is 2.71 bits per heavy atom. The molecule has 6 nitrogen and oxygen atoms in total. The van der Waals surface area contributed by atoms with Crippen LogP contribution in [0.4, 0.5) is 4.79 Å². The lowest BCUT2D eigenvalue weighted by Crippen LogP contribution is -2.49. The van der Waals surface area contributed by atoms with Crippen molar-refractivity contribution >= 4 is 11.8 Å². The first kappa shape index (κ1) is 12.2. The normalized spacial score (nSPS) is 25.4. The molecule has 17 heavy (non-hydrogen) atoms. The first-order valence-corrected chi connectivity index (χ1v) is 5.96. The molecule has 2 aliphatic rings. The van der Waals surface area contributed by atoms with E-state index in [-0.39, 0.29) is 12.2 Å². The van der Waals surface area contributed by atoms with E-state index in [9.17, 15) is 4.79 Å². The number of carbonyl (C=O) groups is 1. The van der Waals surface area contributed by atoms with Crippen LogP contribution in [0.1, 0.15) is 13.3 Å². The van der Waals surface area contributed by atoms with Crippen LogP contribution in [-0.2, 0) is 9.57 Å². The van der Waals surface area contributed by atoms with E-state index in [0.717, 1.165) is 44.9 Å². The van der Waals surface area contributed by atoms with Gasteiger partial charge in [0, 0.05) is 39.1 Å². The minimum Gasteiger partial charge on any atom is -0.453 e. The van der Waals surface area contributed by atoms with Crippen LogP contribution in [0.3, 0.4) is 0 Å². The number of rotatable bonds is 2.